The Hall–Kier alpha value is -2.55. The molecule has 2 atom stereocenters. The lowest BCUT2D eigenvalue weighted by Crippen LogP contribution is -2.49. The van der Waals surface area contributed by atoms with Crippen LogP contribution in [0.1, 0.15) is 46.6 Å². The molecule has 24 heavy (non-hydrogen) atoms. The Bertz CT molecular complexity index is 629. The second kappa shape index (κ2) is 8.34. The first-order valence-corrected chi connectivity index (χ1v) is 7.96. The van der Waals surface area contributed by atoms with Gasteiger partial charge in [0.25, 0.3) is 0 Å². The molecule has 1 aromatic carbocycles. The first-order chi connectivity index (χ1) is 11.2. The maximum absolute atomic E-state index is 12.3. The van der Waals surface area contributed by atoms with Gasteiger partial charge < -0.3 is 15.4 Å². The molecular weight excluding hydrogens is 306 g/mol. The third kappa shape index (κ3) is 6.29. The molecule has 1 rings (SSSR count). The maximum Gasteiger partial charge on any atom is 0.329 e. The molecule has 0 saturated carbocycles. The van der Waals surface area contributed by atoms with E-state index in [1.807, 2.05) is 19.9 Å². The van der Waals surface area contributed by atoms with Gasteiger partial charge in [-0.2, -0.15) is 5.26 Å². The summed E-state index contributed by atoms with van der Waals surface area (Å²) in [6, 6.07) is 7.30. The monoisotopic (exact) mass is 331 g/mol. The molecule has 0 fully saturated rings. The Morgan fingerprint density at radius 1 is 1.33 bits per heavy atom. The lowest BCUT2D eigenvalue weighted by atomic mass is 9.99. The lowest BCUT2D eigenvalue weighted by molar-refractivity contribution is -0.158. The number of benzene rings is 1. The van der Waals surface area contributed by atoms with E-state index in [1.165, 1.54) is 0 Å². The fourth-order valence-corrected chi connectivity index (χ4v) is 2.01. The van der Waals surface area contributed by atoms with Crippen molar-refractivity contribution >= 4 is 17.7 Å². The highest BCUT2D eigenvalue weighted by atomic mass is 16.6. The molecule has 0 bridgehead atoms. The van der Waals surface area contributed by atoms with E-state index in [0.717, 1.165) is 0 Å². The van der Waals surface area contributed by atoms with Crippen molar-refractivity contribution in [2.45, 2.75) is 52.7 Å². The van der Waals surface area contributed by atoms with Crippen LogP contribution in [0.2, 0.25) is 0 Å². The van der Waals surface area contributed by atoms with E-state index in [4.69, 9.17) is 10.00 Å². The summed E-state index contributed by atoms with van der Waals surface area (Å²) in [5.74, 6) is -0.534. The van der Waals surface area contributed by atoms with Crippen LogP contribution in [0.3, 0.4) is 0 Å². The van der Waals surface area contributed by atoms with Crippen LogP contribution in [0.15, 0.2) is 24.3 Å². The van der Waals surface area contributed by atoms with Crippen molar-refractivity contribution in [1.29, 1.82) is 5.26 Å². The zero-order valence-corrected chi connectivity index (χ0v) is 14.8. The van der Waals surface area contributed by atoms with Crippen LogP contribution in [-0.4, -0.2) is 23.6 Å². The highest BCUT2D eigenvalue weighted by molar-refractivity contribution is 5.92. The minimum atomic E-state index is -0.742. The van der Waals surface area contributed by atoms with E-state index in [2.05, 4.69) is 10.6 Å². The van der Waals surface area contributed by atoms with Gasteiger partial charge in [0.15, 0.2) is 0 Å². The van der Waals surface area contributed by atoms with Crippen molar-refractivity contribution in [2.24, 2.45) is 5.92 Å². The van der Waals surface area contributed by atoms with Gasteiger partial charge in [-0.3, -0.25) is 0 Å². The molecule has 6 heteroatoms. The van der Waals surface area contributed by atoms with Crippen molar-refractivity contribution in [3.05, 3.63) is 29.8 Å². The topological polar surface area (TPSA) is 91.2 Å². The Kier molecular flexibility index (Phi) is 6.78. The van der Waals surface area contributed by atoms with Gasteiger partial charge in [0, 0.05) is 5.69 Å². The van der Waals surface area contributed by atoms with Crippen LogP contribution in [0, 0.1) is 17.2 Å². The van der Waals surface area contributed by atoms with E-state index in [0.29, 0.717) is 17.7 Å². The van der Waals surface area contributed by atoms with Gasteiger partial charge in [0.05, 0.1) is 11.6 Å². The van der Waals surface area contributed by atoms with Crippen LogP contribution in [0.4, 0.5) is 10.5 Å². The number of nitrogens with one attached hydrogen (secondary N) is 2. The Morgan fingerprint density at radius 3 is 2.54 bits per heavy atom. The van der Waals surface area contributed by atoms with Gasteiger partial charge in [-0.1, -0.05) is 26.3 Å². The summed E-state index contributed by atoms with van der Waals surface area (Å²) in [4.78, 5) is 24.5. The highest BCUT2D eigenvalue weighted by Crippen LogP contribution is 2.15. The summed E-state index contributed by atoms with van der Waals surface area (Å²) < 4.78 is 5.39. The SMILES string of the molecule is CC[C@H](C)[C@H](NC(=O)Nc1cccc(C#N)c1)C(=O)OC(C)(C)C. The molecule has 2 N–H and O–H groups in total. The largest absolute Gasteiger partial charge is 0.458 e. The Morgan fingerprint density at radius 2 is 2.00 bits per heavy atom. The molecule has 0 spiro atoms. The molecular formula is C18H25N3O3. The smallest absolute Gasteiger partial charge is 0.329 e. The van der Waals surface area contributed by atoms with Gasteiger partial charge in [-0.15, -0.1) is 0 Å². The summed E-state index contributed by atoms with van der Waals surface area (Å²) in [5.41, 5.74) is 0.305. The van der Waals surface area contributed by atoms with E-state index in [1.54, 1.807) is 45.0 Å². The Balaban J connectivity index is 2.80. The molecule has 0 aliphatic rings. The average Bonchev–Trinajstić information content (AvgIpc) is 2.50. The molecule has 0 aromatic heterocycles. The molecule has 0 heterocycles. The number of carbonyl (C=O) groups excluding carboxylic acids is 2. The summed E-state index contributed by atoms with van der Waals surface area (Å²) in [6.07, 6.45) is 0.716. The lowest BCUT2D eigenvalue weighted by Gasteiger charge is -2.27. The van der Waals surface area contributed by atoms with Crippen molar-refractivity contribution in [2.75, 3.05) is 5.32 Å². The molecule has 0 saturated heterocycles. The van der Waals surface area contributed by atoms with Crippen LogP contribution in [0.25, 0.3) is 0 Å². The van der Waals surface area contributed by atoms with Crippen molar-refractivity contribution < 1.29 is 14.3 Å². The number of carbonyl (C=O) groups is 2. The highest BCUT2D eigenvalue weighted by Gasteiger charge is 2.30. The molecule has 0 aliphatic heterocycles. The molecule has 2 amide bonds. The van der Waals surface area contributed by atoms with Gasteiger partial charge in [-0.25, -0.2) is 9.59 Å². The molecule has 6 nitrogen and oxygen atoms in total. The van der Waals surface area contributed by atoms with E-state index in [9.17, 15) is 9.59 Å². The van der Waals surface area contributed by atoms with Gasteiger partial charge in [-0.05, 0) is 44.9 Å². The summed E-state index contributed by atoms with van der Waals surface area (Å²) in [7, 11) is 0. The number of esters is 1. The number of ether oxygens (including phenoxy) is 1. The van der Waals surface area contributed by atoms with E-state index in [-0.39, 0.29) is 5.92 Å². The summed E-state index contributed by atoms with van der Waals surface area (Å²) >= 11 is 0. The number of anilines is 1. The fraction of sp³-hybridized carbons (Fsp3) is 0.500. The molecule has 0 unspecified atom stereocenters. The van der Waals surface area contributed by atoms with Gasteiger partial charge >= 0.3 is 12.0 Å². The predicted molar refractivity (Wildman–Crippen MR) is 92.4 cm³/mol. The normalized spacial score (nSPS) is 13.3. The third-order valence-electron chi connectivity index (χ3n) is 3.41. The quantitative estimate of drug-likeness (QED) is 0.809. The van der Waals surface area contributed by atoms with Crippen LogP contribution >= 0.6 is 0 Å². The number of nitriles is 1. The number of hydrogen-bond donors (Lipinski definition) is 2. The number of nitrogens with zero attached hydrogens (tertiary/aromatic N) is 1. The number of amides is 2. The molecule has 0 aliphatic carbocycles. The first-order valence-electron chi connectivity index (χ1n) is 7.96. The zero-order chi connectivity index (χ0) is 18.3. The van der Waals surface area contributed by atoms with Gasteiger partial charge in [0.2, 0.25) is 0 Å². The predicted octanol–water partition coefficient (Wildman–Crippen LogP) is 3.44. The molecule has 0 radical (unpaired) electrons. The van der Waals surface area contributed by atoms with Crippen LogP contribution in [0.5, 0.6) is 0 Å². The third-order valence-corrected chi connectivity index (χ3v) is 3.41. The second-order valence-corrected chi connectivity index (χ2v) is 6.69. The fourth-order valence-electron chi connectivity index (χ4n) is 2.01. The minimum absolute atomic E-state index is 0.0731. The number of rotatable bonds is 5. The first kappa shape index (κ1) is 19.5. The number of urea groups is 1. The minimum Gasteiger partial charge on any atom is -0.458 e. The standard InChI is InChI=1S/C18H25N3O3/c1-6-12(2)15(16(22)24-18(3,4)5)21-17(23)20-14-9-7-8-13(10-14)11-19/h7-10,12,15H,6H2,1-5H3,(H2,20,21,23)/t12-,15-/m0/s1. The maximum atomic E-state index is 12.3. The second-order valence-electron chi connectivity index (χ2n) is 6.69. The molecule has 130 valence electrons. The van der Waals surface area contributed by atoms with E-state index < -0.39 is 23.6 Å². The van der Waals surface area contributed by atoms with Gasteiger partial charge in [0.1, 0.15) is 11.6 Å². The summed E-state index contributed by atoms with van der Waals surface area (Å²) in [5, 5.41) is 14.2. The van der Waals surface area contributed by atoms with E-state index >= 15 is 0 Å². The average molecular weight is 331 g/mol. The van der Waals surface area contributed by atoms with Crippen molar-refractivity contribution in [1.82, 2.24) is 5.32 Å². The van der Waals surface area contributed by atoms with Crippen molar-refractivity contribution in [3.8, 4) is 6.07 Å². The Labute approximate surface area is 143 Å². The molecule has 1 aromatic rings. The summed E-state index contributed by atoms with van der Waals surface area (Å²) in [6.45, 7) is 9.17. The van der Waals surface area contributed by atoms with Crippen molar-refractivity contribution in [3.63, 3.8) is 0 Å². The van der Waals surface area contributed by atoms with Crippen LogP contribution < -0.4 is 10.6 Å². The number of hydrogen-bond acceptors (Lipinski definition) is 4. The van der Waals surface area contributed by atoms with Crippen LogP contribution in [-0.2, 0) is 9.53 Å². The zero-order valence-electron chi connectivity index (χ0n) is 14.8.